The number of nitrogens with zero attached hydrogens (tertiary/aromatic N) is 1. The molecule has 0 spiro atoms. The normalized spacial score (nSPS) is 10.1. The first-order valence-corrected chi connectivity index (χ1v) is 6.34. The van der Waals surface area contributed by atoms with E-state index in [4.69, 9.17) is 26.8 Å². The summed E-state index contributed by atoms with van der Waals surface area (Å²) in [7, 11) is 0. The van der Waals surface area contributed by atoms with E-state index in [0.29, 0.717) is 34.5 Å². The van der Waals surface area contributed by atoms with Gasteiger partial charge in [0.1, 0.15) is 5.75 Å². The number of carbonyl (C=O) groups is 1. The molecule has 20 heavy (non-hydrogen) atoms. The Morgan fingerprint density at radius 1 is 1.35 bits per heavy atom. The van der Waals surface area contributed by atoms with E-state index in [-0.39, 0.29) is 0 Å². The number of anilines is 1. The number of nitrogens with two attached hydrogens (primary N) is 1. The lowest BCUT2D eigenvalue weighted by molar-refractivity contribution is 0.0526. The fourth-order valence-electron chi connectivity index (χ4n) is 1.49. The molecule has 0 bridgehead atoms. The number of hydrogen-bond acceptors (Lipinski definition) is 5. The van der Waals surface area contributed by atoms with Gasteiger partial charge in [-0.15, -0.1) is 0 Å². The molecule has 0 aliphatic rings. The van der Waals surface area contributed by atoms with Gasteiger partial charge >= 0.3 is 5.97 Å². The van der Waals surface area contributed by atoms with Crippen molar-refractivity contribution in [3.63, 3.8) is 0 Å². The molecular formula is C14H13ClN2O3. The van der Waals surface area contributed by atoms with E-state index in [1.54, 1.807) is 37.3 Å². The predicted octanol–water partition coefficient (Wildman–Crippen LogP) is 3.29. The lowest BCUT2D eigenvalue weighted by atomic mass is 10.3. The second-order valence-corrected chi connectivity index (χ2v) is 4.30. The molecule has 0 unspecified atom stereocenters. The van der Waals surface area contributed by atoms with Crippen molar-refractivity contribution in [2.75, 3.05) is 12.3 Å². The van der Waals surface area contributed by atoms with Crippen LogP contribution >= 0.6 is 11.6 Å². The van der Waals surface area contributed by atoms with Crippen LogP contribution in [0.3, 0.4) is 0 Å². The standard InChI is InChI=1S/C14H13ClN2O3/c1-2-19-14(18)9-3-6-13(17-8-9)20-12-7-10(16)4-5-11(12)15/h3-8H,2,16H2,1H3. The first kappa shape index (κ1) is 14.1. The van der Waals surface area contributed by atoms with Gasteiger partial charge in [-0.3, -0.25) is 0 Å². The van der Waals surface area contributed by atoms with Gasteiger partial charge in [-0.25, -0.2) is 9.78 Å². The Morgan fingerprint density at radius 2 is 2.15 bits per heavy atom. The minimum atomic E-state index is -0.423. The van der Waals surface area contributed by atoms with E-state index in [1.165, 1.54) is 6.20 Å². The van der Waals surface area contributed by atoms with Gasteiger partial charge in [0.05, 0.1) is 17.2 Å². The van der Waals surface area contributed by atoms with Gasteiger partial charge in [0.25, 0.3) is 0 Å². The van der Waals surface area contributed by atoms with Crippen LogP contribution in [0.5, 0.6) is 11.6 Å². The van der Waals surface area contributed by atoms with Crippen LogP contribution in [0.15, 0.2) is 36.5 Å². The van der Waals surface area contributed by atoms with Crippen molar-refractivity contribution in [1.29, 1.82) is 0 Å². The molecular weight excluding hydrogens is 280 g/mol. The molecule has 104 valence electrons. The molecule has 1 aromatic carbocycles. The third kappa shape index (κ3) is 3.39. The molecule has 2 rings (SSSR count). The average molecular weight is 293 g/mol. The highest BCUT2D eigenvalue weighted by Crippen LogP contribution is 2.30. The molecule has 2 N–H and O–H groups in total. The number of esters is 1. The molecule has 0 fully saturated rings. The van der Waals surface area contributed by atoms with E-state index < -0.39 is 5.97 Å². The van der Waals surface area contributed by atoms with Crippen LogP contribution in [-0.4, -0.2) is 17.6 Å². The van der Waals surface area contributed by atoms with Crippen LogP contribution in [-0.2, 0) is 4.74 Å². The maximum atomic E-state index is 11.5. The van der Waals surface area contributed by atoms with Crippen molar-refractivity contribution >= 4 is 23.3 Å². The van der Waals surface area contributed by atoms with Crippen molar-refractivity contribution in [2.24, 2.45) is 0 Å². The Morgan fingerprint density at radius 3 is 2.80 bits per heavy atom. The lowest BCUT2D eigenvalue weighted by Crippen LogP contribution is -2.05. The molecule has 1 aromatic heterocycles. The molecule has 0 aliphatic carbocycles. The number of pyridine rings is 1. The first-order chi connectivity index (χ1) is 9.60. The van der Waals surface area contributed by atoms with E-state index >= 15 is 0 Å². The van der Waals surface area contributed by atoms with Gasteiger partial charge in [-0.05, 0) is 25.1 Å². The Kier molecular flexibility index (Phi) is 4.42. The zero-order chi connectivity index (χ0) is 14.5. The Balaban J connectivity index is 2.14. The SMILES string of the molecule is CCOC(=O)c1ccc(Oc2cc(N)ccc2Cl)nc1. The van der Waals surface area contributed by atoms with Crippen LogP contribution in [0.2, 0.25) is 5.02 Å². The van der Waals surface area contributed by atoms with Crippen LogP contribution < -0.4 is 10.5 Å². The molecule has 0 radical (unpaired) electrons. The average Bonchev–Trinajstić information content (AvgIpc) is 2.44. The summed E-state index contributed by atoms with van der Waals surface area (Å²) in [5.41, 5.74) is 6.55. The first-order valence-electron chi connectivity index (χ1n) is 5.96. The third-order valence-electron chi connectivity index (χ3n) is 2.42. The maximum absolute atomic E-state index is 11.5. The van der Waals surface area contributed by atoms with Crippen LogP contribution in [0, 0.1) is 0 Å². The van der Waals surface area contributed by atoms with Gasteiger partial charge in [0.15, 0.2) is 0 Å². The highest BCUT2D eigenvalue weighted by Gasteiger charge is 2.09. The number of aromatic nitrogens is 1. The molecule has 0 aliphatic heterocycles. The number of benzene rings is 1. The van der Waals surface area contributed by atoms with E-state index in [1.807, 2.05) is 0 Å². The fraction of sp³-hybridized carbons (Fsp3) is 0.143. The van der Waals surface area contributed by atoms with E-state index in [2.05, 4.69) is 4.98 Å². The summed E-state index contributed by atoms with van der Waals surface area (Å²) in [6.45, 7) is 2.06. The number of nitrogen functional groups attached to an aromatic ring is 1. The van der Waals surface area contributed by atoms with Crippen molar-refractivity contribution in [2.45, 2.75) is 6.92 Å². The molecule has 5 nitrogen and oxygen atoms in total. The lowest BCUT2D eigenvalue weighted by Gasteiger charge is -2.08. The predicted molar refractivity (Wildman–Crippen MR) is 76.1 cm³/mol. The number of halogens is 1. The van der Waals surface area contributed by atoms with Crippen molar-refractivity contribution in [3.05, 3.63) is 47.1 Å². The summed E-state index contributed by atoms with van der Waals surface area (Å²) in [5, 5.41) is 0.426. The zero-order valence-electron chi connectivity index (χ0n) is 10.8. The highest BCUT2D eigenvalue weighted by molar-refractivity contribution is 6.32. The smallest absolute Gasteiger partial charge is 0.339 e. The minimum absolute atomic E-state index is 0.311. The molecule has 0 atom stereocenters. The molecule has 0 amide bonds. The highest BCUT2D eigenvalue weighted by atomic mass is 35.5. The second kappa shape index (κ2) is 6.25. The number of rotatable bonds is 4. The Bertz CT molecular complexity index is 614. The molecule has 0 saturated heterocycles. The summed E-state index contributed by atoms with van der Waals surface area (Å²) >= 11 is 5.99. The summed E-state index contributed by atoms with van der Waals surface area (Å²) in [6.07, 6.45) is 1.38. The molecule has 6 heteroatoms. The largest absolute Gasteiger partial charge is 0.462 e. The quantitative estimate of drug-likeness (QED) is 0.691. The van der Waals surface area contributed by atoms with E-state index in [9.17, 15) is 4.79 Å². The monoisotopic (exact) mass is 292 g/mol. The van der Waals surface area contributed by atoms with E-state index in [0.717, 1.165) is 0 Å². The maximum Gasteiger partial charge on any atom is 0.339 e. The fourth-order valence-corrected chi connectivity index (χ4v) is 1.64. The van der Waals surface area contributed by atoms with Gasteiger partial charge in [0.2, 0.25) is 5.88 Å². The van der Waals surface area contributed by atoms with Crippen LogP contribution in [0.25, 0.3) is 0 Å². The van der Waals surface area contributed by atoms with Crippen LogP contribution in [0.4, 0.5) is 5.69 Å². The van der Waals surface area contributed by atoms with Gasteiger partial charge in [-0.2, -0.15) is 0 Å². The topological polar surface area (TPSA) is 74.4 Å². The van der Waals surface area contributed by atoms with Crippen LogP contribution in [0.1, 0.15) is 17.3 Å². The molecule has 1 heterocycles. The Labute approximate surface area is 121 Å². The minimum Gasteiger partial charge on any atom is -0.462 e. The van der Waals surface area contributed by atoms with Gasteiger partial charge in [0, 0.05) is 24.0 Å². The Hall–Kier alpha value is -2.27. The van der Waals surface area contributed by atoms with Crippen molar-refractivity contribution in [3.8, 4) is 11.6 Å². The molecule has 2 aromatic rings. The summed E-state index contributed by atoms with van der Waals surface area (Å²) in [6, 6.07) is 8.04. The summed E-state index contributed by atoms with van der Waals surface area (Å²) in [5.74, 6) is 0.294. The van der Waals surface area contributed by atoms with Crippen molar-refractivity contribution < 1.29 is 14.3 Å². The van der Waals surface area contributed by atoms with Crippen molar-refractivity contribution in [1.82, 2.24) is 4.98 Å². The van der Waals surface area contributed by atoms with Gasteiger partial charge in [-0.1, -0.05) is 11.6 Å². The number of ether oxygens (including phenoxy) is 2. The third-order valence-corrected chi connectivity index (χ3v) is 2.73. The zero-order valence-corrected chi connectivity index (χ0v) is 11.6. The number of carbonyl (C=O) groups excluding carboxylic acids is 1. The summed E-state index contributed by atoms with van der Waals surface area (Å²) in [4.78, 5) is 15.5. The van der Waals surface area contributed by atoms with Gasteiger partial charge < -0.3 is 15.2 Å². The number of hydrogen-bond donors (Lipinski definition) is 1. The summed E-state index contributed by atoms with van der Waals surface area (Å²) < 4.78 is 10.4. The molecule has 0 saturated carbocycles. The second-order valence-electron chi connectivity index (χ2n) is 3.90.